The fourth-order valence-electron chi connectivity index (χ4n) is 1.65. The van der Waals surface area contributed by atoms with Gasteiger partial charge in [-0.15, -0.1) is 0 Å². The summed E-state index contributed by atoms with van der Waals surface area (Å²) in [5.41, 5.74) is 1.68. The number of carbonyl (C=O) groups excluding carboxylic acids is 1. The van der Waals surface area contributed by atoms with Crippen LogP contribution in [0, 0.1) is 5.82 Å². The molecular weight excluding hydrogens is 340 g/mol. The third-order valence-electron chi connectivity index (χ3n) is 2.69. The standard InChI is InChI=1S/C12H10ClF6NO2/c1-2-22-10(21)11(15,16)9(20)7-5(12(17,18)19)3-4-6(13)8(7)14/h3-4,9H,2,20H2,1H3/t9-/m0/s1. The van der Waals surface area contributed by atoms with Crippen LogP contribution < -0.4 is 5.73 Å². The second kappa shape index (κ2) is 6.33. The molecule has 0 aliphatic carbocycles. The Hall–Kier alpha value is -1.48. The molecule has 1 atom stereocenters. The molecule has 1 aromatic carbocycles. The highest BCUT2D eigenvalue weighted by Crippen LogP contribution is 2.41. The van der Waals surface area contributed by atoms with E-state index in [1.807, 2.05) is 0 Å². The van der Waals surface area contributed by atoms with Crippen molar-refractivity contribution in [3.05, 3.63) is 34.1 Å². The summed E-state index contributed by atoms with van der Waals surface area (Å²) in [6.07, 6.45) is -5.16. The van der Waals surface area contributed by atoms with Gasteiger partial charge in [-0.1, -0.05) is 11.6 Å². The van der Waals surface area contributed by atoms with E-state index in [-0.39, 0.29) is 0 Å². The van der Waals surface area contributed by atoms with Gasteiger partial charge in [-0.2, -0.15) is 22.0 Å². The molecule has 0 heterocycles. The van der Waals surface area contributed by atoms with Crippen molar-refractivity contribution in [1.29, 1.82) is 0 Å². The number of nitrogens with two attached hydrogens (primary N) is 1. The number of hydrogen-bond acceptors (Lipinski definition) is 3. The van der Waals surface area contributed by atoms with Crippen molar-refractivity contribution in [2.24, 2.45) is 5.73 Å². The van der Waals surface area contributed by atoms with E-state index in [1.54, 1.807) is 0 Å². The molecule has 0 fully saturated rings. The Morgan fingerprint density at radius 2 is 1.86 bits per heavy atom. The molecule has 124 valence electrons. The van der Waals surface area contributed by atoms with E-state index < -0.39 is 52.7 Å². The summed E-state index contributed by atoms with van der Waals surface area (Å²) in [5.74, 6) is -8.50. The van der Waals surface area contributed by atoms with Crippen LogP contribution in [0.5, 0.6) is 0 Å². The number of hydrogen-bond donors (Lipinski definition) is 1. The fraction of sp³-hybridized carbons (Fsp3) is 0.417. The summed E-state index contributed by atoms with van der Waals surface area (Å²) in [6.45, 7) is 0.756. The second-order valence-electron chi connectivity index (χ2n) is 4.14. The van der Waals surface area contributed by atoms with E-state index in [2.05, 4.69) is 4.74 Å². The highest BCUT2D eigenvalue weighted by atomic mass is 35.5. The molecule has 0 aromatic heterocycles. The van der Waals surface area contributed by atoms with Gasteiger partial charge in [-0.3, -0.25) is 0 Å². The van der Waals surface area contributed by atoms with Crippen molar-refractivity contribution in [2.75, 3.05) is 6.61 Å². The average Bonchev–Trinajstić information content (AvgIpc) is 2.39. The first-order chi connectivity index (χ1) is 9.94. The lowest BCUT2D eigenvalue weighted by molar-refractivity contribution is -0.175. The number of rotatable bonds is 4. The lowest BCUT2D eigenvalue weighted by Gasteiger charge is -2.25. The zero-order valence-electron chi connectivity index (χ0n) is 11.0. The Kier molecular flexibility index (Phi) is 5.34. The van der Waals surface area contributed by atoms with Gasteiger partial charge in [-0.05, 0) is 19.1 Å². The molecule has 1 aromatic rings. The molecule has 22 heavy (non-hydrogen) atoms. The zero-order chi connectivity index (χ0) is 17.3. The first-order valence-corrected chi connectivity index (χ1v) is 6.18. The monoisotopic (exact) mass is 349 g/mol. The lowest BCUT2D eigenvalue weighted by atomic mass is 9.95. The highest BCUT2D eigenvalue weighted by molar-refractivity contribution is 6.30. The number of ether oxygens (including phenoxy) is 1. The maximum Gasteiger partial charge on any atom is 0.416 e. The molecule has 10 heteroatoms. The number of esters is 1. The first-order valence-electron chi connectivity index (χ1n) is 5.80. The molecule has 0 aliphatic heterocycles. The molecule has 0 amide bonds. The summed E-state index contributed by atoms with van der Waals surface area (Å²) in [4.78, 5) is 11.1. The van der Waals surface area contributed by atoms with Crippen LogP contribution in [-0.4, -0.2) is 18.5 Å². The minimum absolute atomic E-state index is 0.307. The molecule has 0 radical (unpaired) electrons. The summed E-state index contributed by atoms with van der Waals surface area (Å²) in [7, 11) is 0. The Morgan fingerprint density at radius 3 is 2.32 bits per heavy atom. The highest BCUT2D eigenvalue weighted by Gasteiger charge is 2.51. The van der Waals surface area contributed by atoms with Gasteiger partial charge in [0.15, 0.2) is 0 Å². The Balaban J connectivity index is 3.48. The van der Waals surface area contributed by atoms with Gasteiger partial charge in [0.1, 0.15) is 11.9 Å². The van der Waals surface area contributed by atoms with Crippen LogP contribution in [0.3, 0.4) is 0 Å². The van der Waals surface area contributed by atoms with Crippen LogP contribution >= 0.6 is 11.6 Å². The topological polar surface area (TPSA) is 52.3 Å². The molecule has 3 nitrogen and oxygen atoms in total. The van der Waals surface area contributed by atoms with Crippen LogP contribution in [-0.2, 0) is 15.7 Å². The van der Waals surface area contributed by atoms with E-state index >= 15 is 0 Å². The van der Waals surface area contributed by atoms with Gasteiger partial charge in [0, 0.05) is 5.56 Å². The van der Waals surface area contributed by atoms with E-state index in [1.165, 1.54) is 6.92 Å². The molecular formula is C12H10ClF6NO2. The number of halogens is 7. The van der Waals surface area contributed by atoms with Gasteiger partial charge in [0.2, 0.25) is 0 Å². The maximum absolute atomic E-state index is 13.8. The zero-order valence-corrected chi connectivity index (χ0v) is 11.7. The minimum Gasteiger partial charge on any atom is -0.462 e. The molecule has 0 unspecified atom stereocenters. The van der Waals surface area contributed by atoms with E-state index in [0.717, 1.165) is 0 Å². The third kappa shape index (κ3) is 3.46. The minimum atomic E-state index is -5.16. The first kappa shape index (κ1) is 18.6. The molecule has 0 aliphatic rings. The normalized spacial score (nSPS) is 13.9. The summed E-state index contributed by atoms with van der Waals surface area (Å²) < 4.78 is 83.9. The molecule has 1 rings (SSSR count). The molecule has 0 saturated heterocycles. The average molecular weight is 350 g/mol. The van der Waals surface area contributed by atoms with Crippen LogP contribution in [0.2, 0.25) is 5.02 Å². The van der Waals surface area contributed by atoms with Crippen molar-refractivity contribution in [2.45, 2.75) is 25.1 Å². The second-order valence-corrected chi connectivity index (χ2v) is 4.55. The van der Waals surface area contributed by atoms with Crippen LogP contribution in [0.15, 0.2) is 12.1 Å². The summed E-state index contributed by atoms with van der Waals surface area (Å²) in [6, 6.07) is -2.05. The number of alkyl halides is 5. The van der Waals surface area contributed by atoms with Crippen molar-refractivity contribution in [1.82, 2.24) is 0 Å². The Bertz CT molecular complexity index is 575. The van der Waals surface area contributed by atoms with Crippen molar-refractivity contribution >= 4 is 17.6 Å². The van der Waals surface area contributed by atoms with Crippen molar-refractivity contribution < 1.29 is 35.9 Å². The Morgan fingerprint density at radius 1 is 1.32 bits per heavy atom. The van der Waals surface area contributed by atoms with Gasteiger partial charge in [0.05, 0.1) is 17.2 Å². The molecule has 0 spiro atoms. The predicted octanol–water partition coefficient (Wildman–Crippen LogP) is 3.70. The van der Waals surface area contributed by atoms with E-state index in [0.29, 0.717) is 12.1 Å². The lowest BCUT2D eigenvalue weighted by Crippen LogP contribution is -2.43. The number of carbonyl (C=O) groups is 1. The Labute approximate surface area is 126 Å². The van der Waals surface area contributed by atoms with Gasteiger partial charge in [-0.25, -0.2) is 9.18 Å². The molecule has 2 N–H and O–H groups in total. The molecule has 0 bridgehead atoms. The van der Waals surface area contributed by atoms with Crippen LogP contribution in [0.1, 0.15) is 24.1 Å². The van der Waals surface area contributed by atoms with E-state index in [9.17, 15) is 31.1 Å². The van der Waals surface area contributed by atoms with E-state index in [4.69, 9.17) is 17.3 Å². The summed E-state index contributed by atoms with van der Waals surface area (Å²) >= 11 is 5.31. The van der Waals surface area contributed by atoms with Crippen molar-refractivity contribution in [3.8, 4) is 0 Å². The quantitative estimate of drug-likeness (QED) is 0.666. The summed E-state index contributed by atoms with van der Waals surface area (Å²) in [5, 5.41) is -0.835. The van der Waals surface area contributed by atoms with Crippen LogP contribution in [0.25, 0.3) is 0 Å². The fourth-order valence-corrected chi connectivity index (χ4v) is 1.82. The van der Waals surface area contributed by atoms with Gasteiger partial charge < -0.3 is 10.5 Å². The van der Waals surface area contributed by atoms with Crippen molar-refractivity contribution in [3.63, 3.8) is 0 Å². The smallest absolute Gasteiger partial charge is 0.416 e. The number of benzene rings is 1. The molecule has 0 saturated carbocycles. The largest absolute Gasteiger partial charge is 0.462 e. The van der Waals surface area contributed by atoms with Gasteiger partial charge >= 0.3 is 18.1 Å². The van der Waals surface area contributed by atoms with Crippen LogP contribution in [0.4, 0.5) is 26.3 Å². The predicted molar refractivity (Wildman–Crippen MR) is 64.9 cm³/mol. The maximum atomic E-state index is 13.8. The third-order valence-corrected chi connectivity index (χ3v) is 2.98. The SMILES string of the molecule is CCOC(=O)C(F)(F)[C@@H](N)c1c(C(F)(F)F)ccc(Cl)c1F. The van der Waals surface area contributed by atoms with Gasteiger partial charge in [0.25, 0.3) is 0 Å².